The number of piperidine rings is 1. The zero-order chi connectivity index (χ0) is 18.3. The fourth-order valence-electron chi connectivity index (χ4n) is 3.72. The summed E-state index contributed by atoms with van der Waals surface area (Å²) in [5.41, 5.74) is 2.49. The third-order valence-corrected chi connectivity index (χ3v) is 6.90. The van der Waals surface area contributed by atoms with E-state index >= 15 is 0 Å². The van der Waals surface area contributed by atoms with Crippen molar-refractivity contribution in [3.05, 3.63) is 54.0 Å². The molecule has 26 heavy (non-hydrogen) atoms. The van der Waals surface area contributed by atoms with Gasteiger partial charge in [-0.1, -0.05) is 18.6 Å². The van der Waals surface area contributed by atoms with E-state index in [0.29, 0.717) is 12.1 Å². The molecule has 1 aliphatic heterocycles. The number of pyridine rings is 1. The van der Waals surface area contributed by atoms with Crippen molar-refractivity contribution < 1.29 is 8.42 Å². The minimum atomic E-state index is -3.66. The van der Waals surface area contributed by atoms with Crippen molar-refractivity contribution in [2.24, 2.45) is 7.05 Å². The Morgan fingerprint density at radius 1 is 1.19 bits per heavy atom. The predicted molar refractivity (Wildman–Crippen MR) is 100 cm³/mol. The van der Waals surface area contributed by atoms with E-state index in [1.165, 1.54) is 0 Å². The lowest BCUT2D eigenvalue weighted by Gasteiger charge is -2.34. The number of rotatable bonds is 3. The SMILES string of the molecule is Cc1cnc2c(S(=O)(=O)N3CCCCC3c3cnn(C)c3)cccc2c1. The van der Waals surface area contributed by atoms with Gasteiger partial charge in [-0.3, -0.25) is 9.67 Å². The number of aromatic nitrogens is 3. The monoisotopic (exact) mass is 370 g/mol. The Bertz CT molecular complexity index is 1060. The highest BCUT2D eigenvalue weighted by Gasteiger charge is 2.36. The van der Waals surface area contributed by atoms with Crippen LogP contribution in [0.4, 0.5) is 0 Å². The summed E-state index contributed by atoms with van der Waals surface area (Å²) in [6.45, 7) is 2.47. The first-order valence-electron chi connectivity index (χ1n) is 8.82. The molecule has 1 saturated heterocycles. The third-order valence-electron chi connectivity index (χ3n) is 4.96. The van der Waals surface area contributed by atoms with Crippen molar-refractivity contribution in [2.75, 3.05) is 6.54 Å². The summed E-state index contributed by atoms with van der Waals surface area (Å²) >= 11 is 0. The van der Waals surface area contributed by atoms with Gasteiger partial charge < -0.3 is 0 Å². The summed E-state index contributed by atoms with van der Waals surface area (Å²) in [7, 11) is -1.81. The van der Waals surface area contributed by atoms with E-state index in [1.54, 1.807) is 33.5 Å². The Hall–Kier alpha value is -2.25. The molecule has 0 N–H and O–H groups in total. The lowest BCUT2D eigenvalue weighted by atomic mass is 10.0. The number of hydrogen-bond acceptors (Lipinski definition) is 4. The van der Waals surface area contributed by atoms with Crippen LogP contribution in [-0.2, 0) is 17.1 Å². The summed E-state index contributed by atoms with van der Waals surface area (Å²) in [6, 6.07) is 7.15. The van der Waals surface area contributed by atoms with Crippen LogP contribution in [0.3, 0.4) is 0 Å². The lowest BCUT2D eigenvalue weighted by Crippen LogP contribution is -2.38. The topological polar surface area (TPSA) is 68.1 Å². The van der Waals surface area contributed by atoms with E-state index in [2.05, 4.69) is 10.1 Å². The molecule has 0 aliphatic carbocycles. The van der Waals surface area contributed by atoms with Crippen LogP contribution in [0, 0.1) is 6.92 Å². The van der Waals surface area contributed by atoms with Crippen molar-refractivity contribution in [3.8, 4) is 0 Å². The molecular weight excluding hydrogens is 348 g/mol. The summed E-state index contributed by atoms with van der Waals surface area (Å²) in [6.07, 6.45) is 8.08. The minimum absolute atomic E-state index is 0.178. The van der Waals surface area contributed by atoms with Crippen LogP contribution in [0.5, 0.6) is 0 Å². The Morgan fingerprint density at radius 3 is 2.81 bits per heavy atom. The molecular formula is C19H22N4O2S. The van der Waals surface area contributed by atoms with Crippen molar-refractivity contribution in [1.82, 2.24) is 19.1 Å². The maximum absolute atomic E-state index is 13.5. The largest absolute Gasteiger partial charge is 0.275 e. The van der Waals surface area contributed by atoms with Crippen molar-refractivity contribution in [3.63, 3.8) is 0 Å². The average molecular weight is 370 g/mol. The molecule has 4 rings (SSSR count). The van der Waals surface area contributed by atoms with Gasteiger partial charge in [0.15, 0.2) is 0 Å². The summed E-state index contributed by atoms with van der Waals surface area (Å²) in [5, 5.41) is 5.07. The first-order chi connectivity index (χ1) is 12.5. The minimum Gasteiger partial charge on any atom is -0.275 e. The van der Waals surface area contributed by atoms with Gasteiger partial charge in [-0.25, -0.2) is 8.42 Å². The van der Waals surface area contributed by atoms with Crippen LogP contribution >= 0.6 is 0 Å². The van der Waals surface area contributed by atoms with E-state index in [1.807, 2.05) is 32.3 Å². The Morgan fingerprint density at radius 2 is 2.04 bits per heavy atom. The normalized spacial score (nSPS) is 19.1. The van der Waals surface area contributed by atoms with Gasteiger partial charge in [0.2, 0.25) is 10.0 Å². The molecule has 136 valence electrons. The Balaban J connectivity index is 1.82. The van der Waals surface area contributed by atoms with Gasteiger partial charge in [-0.05, 0) is 37.5 Å². The number of para-hydroxylation sites is 1. The van der Waals surface area contributed by atoms with Crippen LogP contribution in [-0.4, -0.2) is 34.0 Å². The number of sulfonamides is 1. The number of aryl methyl sites for hydroxylation is 2. The number of fused-ring (bicyclic) bond motifs is 1. The molecule has 6 nitrogen and oxygen atoms in total. The third kappa shape index (κ3) is 2.91. The molecule has 0 bridgehead atoms. The van der Waals surface area contributed by atoms with E-state index in [9.17, 15) is 8.42 Å². The second-order valence-electron chi connectivity index (χ2n) is 6.92. The zero-order valence-corrected chi connectivity index (χ0v) is 15.8. The van der Waals surface area contributed by atoms with Gasteiger partial charge in [0.05, 0.1) is 17.8 Å². The Labute approximate surface area is 153 Å². The zero-order valence-electron chi connectivity index (χ0n) is 15.0. The van der Waals surface area contributed by atoms with Gasteiger partial charge in [-0.2, -0.15) is 9.40 Å². The maximum atomic E-state index is 13.5. The van der Waals surface area contributed by atoms with Crippen LogP contribution < -0.4 is 0 Å². The van der Waals surface area contributed by atoms with Crippen LogP contribution in [0.1, 0.15) is 36.4 Å². The van der Waals surface area contributed by atoms with E-state index in [-0.39, 0.29) is 10.9 Å². The smallest absolute Gasteiger partial charge is 0.245 e. The Kier molecular flexibility index (Phi) is 4.28. The van der Waals surface area contributed by atoms with Crippen LogP contribution in [0.2, 0.25) is 0 Å². The molecule has 2 aromatic heterocycles. The molecule has 7 heteroatoms. The second-order valence-corrected chi connectivity index (χ2v) is 8.77. The molecule has 3 aromatic rings. The predicted octanol–water partition coefficient (Wildman–Crippen LogP) is 3.19. The number of hydrogen-bond donors (Lipinski definition) is 0. The van der Waals surface area contributed by atoms with Crippen LogP contribution in [0.25, 0.3) is 10.9 Å². The molecule has 0 saturated carbocycles. The fraction of sp³-hybridized carbons (Fsp3) is 0.368. The van der Waals surface area contributed by atoms with Gasteiger partial charge >= 0.3 is 0 Å². The molecule has 1 atom stereocenters. The molecule has 1 aromatic carbocycles. The standard InChI is InChI=1S/C19H22N4O2S/c1-14-10-15-6-5-8-18(19(15)20-11-14)26(24,25)23-9-4-3-7-17(23)16-12-21-22(2)13-16/h5-6,8,10-13,17H,3-4,7,9H2,1-2H3. The highest BCUT2D eigenvalue weighted by atomic mass is 32.2. The maximum Gasteiger partial charge on any atom is 0.245 e. The summed E-state index contributed by atoms with van der Waals surface area (Å²) in [5.74, 6) is 0. The van der Waals surface area contributed by atoms with E-state index in [4.69, 9.17) is 0 Å². The van der Waals surface area contributed by atoms with Gasteiger partial charge in [0, 0.05) is 36.9 Å². The molecule has 1 unspecified atom stereocenters. The molecule has 3 heterocycles. The van der Waals surface area contributed by atoms with Gasteiger partial charge in [-0.15, -0.1) is 0 Å². The van der Waals surface area contributed by atoms with E-state index in [0.717, 1.165) is 35.8 Å². The molecule has 1 fully saturated rings. The first-order valence-corrected chi connectivity index (χ1v) is 10.3. The molecule has 1 aliphatic rings. The average Bonchev–Trinajstić information content (AvgIpc) is 3.07. The molecule has 0 spiro atoms. The summed E-state index contributed by atoms with van der Waals surface area (Å²) in [4.78, 5) is 4.70. The van der Waals surface area contributed by atoms with Crippen molar-refractivity contribution >= 4 is 20.9 Å². The molecule has 0 amide bonds. The van der Waals surface area contributed by atoms with Crippen LogP contribution in [0.15, 0.2) is 47.8 Å². The van der Waals surface area contributed by atoms with Gasteiger partial charge in [0.25, 0.3) is 0 Å². The van der Waals surface area contributed by atoms with Crippen molar-refractivity contribution in [2.45, 2.75) is 37.1 Å². The summed E-state index contributed by atoms with van der Waals surface area (Å²) < 4.78 is 30.4. The quantitative estimate of drug-likeness (QED) is 0.710. The van der Waals surface area contributed by atoms with Gasteiger partial charge in [0.1, 0.15) is 4.90 Å². The first kappa shape index (κ1) is 17.2. The van der Waals surface area contributed by atoms with Crippen molar-refractivity contribution in [1.29, 1.82) is 0 Å². The van der Waals surface area contributed by atoms with E-state index < -0.39 is 10.0 Å². The fourth-order valence-corrected chi connectivity index (χ4v) is 5.57. The highest BCUT2D eigenvalue weighted by molar-refractivity contribution is 7.89. The number of benzene rings is 1. The highest BCUT2D eigenvalue weighted by Crippen LogP contribution is 2.36. The molecule has 0 radical (unpaired) electrons. The number of nitrogens with zero attached hydrogens (tertiary/aromatic N) is 4. The lowest BCUT2D eigenvalue weighted by molar-refractivity contribution is 0.256. The second kappa shape index (κ2) is 6.48.